The van der Waals surface area contributed by atoms with Crippen LogP contribution in [0.1, 0.15) is 12.5 Å². The van der Waals surface area contributed by atoms with Gasteiger partial charge in [0.25, 0.3) is 5.69 Å². The maximum Gasteiger partial charge on any atom is 0.269 e. The van der Waals surface area contributed by atoms with Crippen LogP contribution in [0, 0.1) is 10.1 Å². The summed E-state index contributed by atoms with van der Waals surface area (Å²) in [6, 6.07) is 6.40. The lowest BCUT2D eigenvalue weighted by Gasteiger charge is -2.18. The zero-order valence-corrected chi connectivity index (χ0v) is 12.8. The van der Waals surface area contributed by atoms with Crippen molar-refractivity contribution in [1.29, 1.82) is 0 Å². The molecule has 1 aromatic heterocycles. The monoisotopic (exact) mass is 304 g/mol. The highest BCUT2D eigenvalue weighted by Crippen LogP contribution is 2.25. The Morgan fingerprint density at radius 1 is 1.36 bits per heavy atom. The highest BCUT2D eigenvalue weighted by molar-refractivity contribution is 5.64. The quantitative estimate of drug-likeness (QED) is 0.623. The number of benzene rings is 1. The summed E-state index contributed by atoms with van der Waals surface area (Å²) in [5.74, 6) is 0. The number of likely N-dealkylation sites (N-methyl/N-ethyl adjacent to an activating group) is 1. The van der Waals surface area contributed by atoms with Gasteiger partial charge in [-0.1, -0.05) is 6.92 Å². The van der Waals surface area contributed by atoms with Crippen LogP contribution in [0.4, 0.5) is 5.69 Å². The smallest absolute Gasteiger partial charge is 0.269 e. The Balaban J connectivity index is 2.29. The van der Waals surface area contributed by atoms with Crippen LogP contribution >= 0.6 is 0 Å². The lowest BCUT2D eigenvalue weighted by molar-refractivity contribution is -0.384. The van der Waals surface area contributed by atoms with Gasteiger partial charge in [-0.25, -0.2) is 0 Å². The Morgan fingerprint density at radius 3 is 2.59 bits per heavy atom. The zero-order valence-electron chi connectivity index (χ0n) is 12.8. The SMILES string of the molecule is CCN(CCO)Cc1cn(C)nc1-c1ccc([N+](=O)[O-])cc1. The van der Waals surface area contributed by atoms with Gasteiger partial charge in [0.15, 0.2) is 0 Å². The van der Waals surface area contributed by atoms with Gasteiger partial charge in [0.2, 0.25) is 0 Å². The number of hydrogen-bond acceptors (Lipinski definition) is 5. The molecular formula is C15H20N4O3. The van der Waals surface area contributed by atoms with Crippen molar-refractivity contribution in [3.05, 3.63) is 46.1 Å². The zero-order chi connectivity index (χ0) is 16.1. The van der Waals surface area contributed by atoms with E-state index in [0.29, 0.717) is 13.1 Å². The van der Waals surface area contributed by atoms with Gasteiger partial charge in [-0.3, -0.25) is 19.7 Å². The van der Waals surface area contributed by atoms with Crippen molar-refractivity contribution in [2.75, 3.05) is 19.7 Å². The summed E-state index contributed by atoms with van der Waals surface area (Å²) < 4.78 is 1.73. The van der Waals surface area contributed by atoms with Crippen LogP contribution in [-0.2, 0) is 13.6 Å². The molecule has 0 aliphatic carbocycles. The molecule has 0 saturated heterocycles. The average molecular weight is 304 g/mol. The number of nitrogens with zero attached hydrogens (tertiary/aromatic N) is 4. The highest BCUT2D eigenvalue weighted by Gasteiger charge is 2.14. The number of aryl methyl sites for hydroxylation is 1. The van der Waals surface area contributed by atoms with Crippen molar-refractivity contribution in [2.45, 2.75) is 13.5 Å². The van der Waals surface area contributed by atoms with E-state index >= 15 is 0 Å². The molecule has 0 saturated carbocycles. The number of aliphatic hydroxyl groups is 1. The molecule has 0 unspecified atom stereocenters. The summed E-state index contributed by atoms with van der Waals surface area (Å²) in [5, 5.41) is 24.3. The first-order valence-corrected chi connectivity index (χ1v) is 7.15. The Labute approximate surface area is 128 Å². The van der Waals surface area contributed by atoms with E-state index < -0.39 is 4.92 Å². The molecule has 0 spiro atoms. The van der Waals surface area contributed by atoms with Crippen LogP contribution in [0.2, 0.25) is 0 Å². The second-order valence-electron chi connectivity index (χ2n) is 5.07. The lowest BCUT2D eigenvalue weighted by Crippen LogP contribution is -2.26. The first kappa shape index (κ1) is 16.1. The fraction of sp³-hybridized carbons (Fsp3) is 0.400. The van der Waals surface area contributed by atoms with E-state index in [0.717, 1.165) is 23.4 Å². The Hall–Kier alpha value is -2.25. The van der Waals surface area contributed by atoms with E-state index in [1.54, 1.807) is 16.8 Å². The summed E-state index contributed by atoms with van der Waals surface area (Å²) in [6.45, 7) is 4.26. The molecule has 0 amide bonds. The van der Waals surface area contributed by atoms with Gasteiger partial charge in [0, 0.05) is 49.6 Å². The Kier molecular flexibility index (Phi) is 5.24. The van der Waals surface area contributed by atoms with Crippen molar-refractivity contribution >= 4 is 5.69 Å². The van der Waals surface area contributed by atoms with Gasteiger partial charge in [0.1, 0.15) is 0 Å². The molecule has 0 fully saturated rings. The Morgan fingerprint density at radius 2 is 2.05 bits per heavy atom. The molecule has 118 valence electrons. The minimum absolute atomic E-state index is 0.0664. The third kappa shape index (κ3) is 3.69. The number of hydrogen-bond donors (Lipinski definition) is 1. The van der Waals surface area contributed by atoms with Gasteiger partial charge in [-0.2, -0.15) is 5.10 Å². The largest absolute Gasteiger partial charge is 0.395 e. The van der Waals surface area contributed by atoms with Crippen LogP contribution < -0.4 is 0 Å². The number of aliphatic hydroxyl groups excluding tert-OH is 1. The van der Waals surface area contributed by atoms with Gasteiger partial charge in [-0.05, 0) is 18.7 Å². The molecule has 0 aliphatic heterocycles. The molecule has 1 aromatic carbocycles. The first-order valence-electron chi connectivity index (χ1n) is 7.15. The predicted molar refractivity (Wildman–Crippen MR) is 83.3 cm³/mol. The third-order valence-corrected chi connectivity index (χ3v) is 3.51. The first-order chi connectivity index (χ1) is 10.5. The number of non-ortho nitro benzene ring substituents is 1. The van der Waals surface area contributed by atoms with Gasteiger partial charge in [-0.15, -0.1) is 0 Å². The molecule has 1 heterocycles. The number of nitro benzene ring substituents is 1. The molecular weight excluding hydrogens is 284 g/mol. The normalized spacial score (nSPS) is 11.1. The number of aromatic nitrogens is 2. The number of rotatable bonds is 7. The summed E-state index contributed by atoms with van der Waals surface area (Å²) >= 11 is 0. The van der Waals surface area contributed by atoms with E-state index in [2.05, 4.69) is 10.00 Å². The number of nitro groups is 1. The van der Waals surface area contributed by atoms with Crippen molar-refractivity contribution < 1.29 is 10.0 Å². The third-order valence-electron chi connectivity index (χ3n) is 3.51. The van der Waals surface area contributed by atoms with E-state index in [1.165, 1.54) is 12.1 Å². The molecule has 1 N–H and O–H groups in total. The standard InChI is InChI=1S/C15H20N4O3/c1-3-18(8-9-20)11-13-10-17(2)16-15(13)12-4-6-14(7-5-12)19(21)22/h4-7,10,20H,3,8-9,11H2,1-2H3. The predicted octanol–water partition coefficient (Wildman–Crippen LogP) is 1.81. The fourth-order valence-corrected chi connectivity index (χ4v) is 2.37. The van der Waals surface area contributed by atoms with Crippen molar-refractivity contribution in [2.24, 2.45) is 7.05 Å². The van der Waals surface area contributed by atoms with Gasteiger partial charge in [0.05, 0.1) is 17.2 Å². The molecule has 22 heavy (non-hydrogen) atoms. The van der Waals surface area contributed by atoms with E-state index in [1.807, 2.05) is 20.2 Å². The second kappa shape index (κ2) is 7.15. The van der Waals surface area contributed by atoms with E-state index in [9.17, 15) is 10.1 Å². The topological polar surface area (TPSA) is 84.4 Å². The maximum atomic E-state index is 10.7. The Bertz CT molecular complexity index is 637. The van der Waals surface area contributed by atoms with Crippen LogP contribution in [0.25, 0.3) is 11.3 Å². The van der Waals surface area contributed by atoms with Crippen molar-refractivity contribution in [3.63, 3.8) is 0 Å². The molecule has 0 atom stereocenters. The maximum absolute atomic E-state index is 10.7. The summed E-state index contributed by atoms with van der Waals surface area (Å²) in [7, 11) is 1.85. The minimum atomic E-state index is -0.414. The van der Waals surface area contributed by atoms with Gasteiger partial charge >= 0.3 is 0 Å². The fourth-order valence-electron chi connectivity index (χ4n) is 2.37. The van der Waals surface area contributed by atoms with Crippen LogP contribution in [0.5, 0.6) is 0 Å². The van der Waals surface area contributed by atoms with Crippen molar-refractivity contribution in [3.8, 4) is 11.3 Å². The summed E-state index contributed by atoms with van der Waals surface area (Å²) in [4.78, 5) is 12.4. The summed E-state index contributed by atoms with van der Waals surface area (Å²) in [6.07, 6.45) is 1.94. The average Bonchev–Trinajstić information content (AvgIpc) is 2.87. The van der Waals surface area contributed by atoms with E-state index in [4.69, 9.17) is 5.11 Å². The van der Waals surface area contributed by atoms with Crippen molar-refractivity contribution in [1.82, 2.24) is 14.7 Å². The molecule has 7 heteroatoms. The molecule has 0 aliphatic rings. The lowest BCUT2D eigenvalue weighted by atomic mass is 10.1. The van der Waals surface area contributed by atoms with Gasteiger partial charge < -0.3 is 5.11 Å². The minimum Gasteiger partial charge on any atom is -0.395 e. The second-order valence-corrected chi connectivity index (χ2v) is 5.07. The molecule has 0 radical (unpaired) electrons. The van der Waals surface area contributed by atoms with Crippen LogP contribution in [0.3, 0.4) is 0 Å². The molecule has 7 nitrogen and oxygen atoms in total. The highest BCUT2D eigenvalue weighted by atomic mass is 16.6. The van der Waals surface area contributed by atoms with Crippen LogP contribution in [0.15, 0.2) is 30.5 Å². The molecule has 2 rings (SSSR count). The molecule has 0 bridgehead atoms. The van der Waals surface area contributed by atoms with Crippen LogP contribution in [-0.4, -0.2) is 44.4 Å². The summed E-state index contributed by atoms with van der Waals surface area (Å²) in [5.41, 5.74) is 2.76. The molecule has 2 aromatic rings. The van der Waals surface area contributed by atoms with E-state index in [-0.39, 0.29) is 12.3 Å².